The van der Waals surface area contributed by atoms with Gasteiger partial charge in [0.25, 0.3) is 0 Å². The predicted octanol–water partition coefficient (Wildman–Crippen LogP) is 4.62. The Morgan fingerprint density at radius 2 is 1.40 bits per heavy atom. The highest BCUT2D eigenvalue weighted by atomic mass is 14.9. The molecule has 5 aliphatic rings. The number of nitrogens with one attached hydrogen (secondary N) is 1. The van der Waals surface area contributed by atoms with E-state index in [1.165, 1.54) is 38.6 Å². The molecule has 1 N–H and O–H groups in total. The summed E-state index contributed by atoms with van der Waals surface area (Å²) >= 11 is 0. The van der Waals surface area contributed by atoms with Crippen LogP contribution < -0.4 is 5.32 Å². The molecule has 0 heterocycles. The maximum Gasteiger partial charge on any atom is 0.0124 e. The van der Waals surface area contributed by atoms with Gasteiger partial charge in [-0.15, -0.1) is 0 Å². The second-order valence-corrected chi connectivity index (χ2v) is 8.83. The van der Waals surface area contributed by atoms with Gasteiger partial charge in [0.2, 0.25) is 0 Å². The van der Waals surface area contributed by atoms with Crippen molar-refractivity contribution >= 4 is 0 Å². The summed E-state index contributed by atoms with van der Waals surface area (Å²) in [7, 11) is 0. The van der Waals surface area contributed by atoms with Crippen molar-refractivity contribution in [2.45, 2.75) is 77.2 Å². The fraction of sp³-hybridized carbons (Fsp3) is 1.00. The number of hydrogen-bond acceptors (Lipinski definition) is 1. The Morgan fingerprint density at radius 1 is 0.800 bits per heavy atom. The summed E-state index contributed by atoms with van der Waals surface area (Å²) in [6.45, 7) is 3.75. The van der Waals surface area contributed by atoms with Crippen molar-refractivity contribution in [1.29, 1.82) is 0 Å². The normalized spacial score (nSPS) is 50.5. The van der Waals surface area contributed by atoms with Crippen LogP contribution in [0.3, 0.4) is 0 Å². The molecule has 0 aromatic carbocycles. The first kappa shape index (κ1) is 13.6. The van der Waals surface area contributed by atoms with Gasteiger partial charge in [-0.2, -0.15) is 0 Å². The minimum Gasteiger partial charge on any atom is -0.313 e. The average Bonchev–Trinajstić information content (AvgIpc) is 2.43. The quantitative estimate of drug-likeness (QED) is 0.789. The minimum atomic E-state index is 0.908. The smallest absolute Gasteiger partial charge is 0.0124 e. The zero-order valence-corrected chi connectivity index (χ0v) is 13.3. The maximum absolute atomic E-state index is 4.02. The van der Waals surface area contributed by atoms with Gasteiger partial charge in [0.05, 0.1) is 0 Å². The molecule has 0 unspecified atom stereocenters. The van der Waals surface area contributed by atoms with Gasteiger partial charge in [-0.25, -0.2) is 0 Å². The molecule has 0 aliphatic heterocycles. The molecule has 5 fully saturated rings. The fourth-order valence-electron chi connectivity index (χ4n) is 6.33. The van der Waals surface area contributed by atoms with Crippen molar-refractivity contribution in [3.05, 3.63) is 0 Å². The summed E-state index contributed by atoms with van der Waals surface area (Å²) in [6.07, 6.45) is 15.3. The number of hydrogen-bond donors (Lipinski definition) is 1. The van der Waals surface area contributed by atoms with Crippen LogP contribution in [-0.4, -0.2) is 12.6 Å². The van der Waals surface area contributed by atoms with Gasteiger partial charge in [0.15, 0.2) is 0 Å². The molecule has 20 heavy (non-hydrogen) atoms. The van der Waals surface area contributed by atoms with E-state index >= 15 is 0 Å². The first-order valence-electron chi connectivity index (χ1n) is 9.51. The van der Waals surface area contributed by atoms with E-state index in [9.17, 15) is 0 Å². The summed E-state index contributed by atoms with van der Waals surface area (Å²) < 4.78 is 0. The van der Waals surface area contributed by atoms with Gasteiger partial charge in [-0.3, -0.25) is 0 Å². The molecule has 0 aromatic rings. The van der Waals surface area contributed by atoms with E-state index in [-0.39, 0.29) is 0 Å². The average molecular weight is 275 g/mol. The van der Waals surface area contributed by atoms with Crippen LogP contribution in [-0.2, 0) is 0 Å². The summed E-state index contributed by atoms with van der Waals surface area (Å²) in [5.41, 5.74) is 0. The molecule has 5 aliphatic carbocycles. The zero-order valence-electron chi connectivity index (χ0n) is 13.3. The Labute approximate surface area is 125 Å². The molecular formula is C19H33N. The third-order valence-corrected chi connectivity index (χ3v) is 7.29. The van der Waals surface area contributed by atoms with E-state index < -0.39 is 0 Å². The lowest BCUT2D eigenvalue weighted by Crippen LogP contribution is -2.54. The molecule has 0 spiro atoms. The molecule has 114 valence electrons. The van der Waals surface area contributed by atoms with Crippen molar-refractivity contribution in [3.63, 3.8) is 0 Å². The van der Waals surface area contributed by atoms with Crippen LogP contribution in [0.15, 0.2) is 0 Å². The molecule has 1 heteroatoms. The Hall–Kier alpha value is -0.0400. The lowest BCUT2D eigenvalue weighted by molar-refractivity contribution is -0.0140. The largest absolute Gasteiger partial charge is 0.313 e. The third-order valence-electron chi connectivity index (χ3n) is 7.29. The third kappa shape index (κ3) is 2.67. The van der Waals surface area contributed by atoms with E-state index in [0.717, 1.165) is 41.5 Å². The maximum atomic E-state index is 4.02. The van der Waals surface area contributed by atoms with Crippen LogP contribution in [0, 0.1) is 35.5 Å². The Kier molecular flexibility index (Phi) is 3.83. The first-order valence-corrected chi connectivity index (χ1v) is 9.51. The van der Waals surface area contributed by atoms with E-state index in [0.29, 0.717) is 0 Å². The van der Waals surface area contributed by atoms with Crippen LogP contribution in [0.25, 0.3) is 0 Å². The van der Waals surface area contributed by atoms with Gasteiger partial charge in [0, 0.05) is 6.04 Å². The van der Waals surface area contributed by atoms with Crippen molar-refractivity contribution in [2.24, 2.45) is 35.5 Å². The summed E-state index contributed by atoms with van der Waals surface area (Å²) in [5.74, 6) is 6.39. The molecule has 4 bridgehead atoms. The van der Waals surface area contributed by atoms with Gasteiger partial charge in [-0.05, 0) is 80.6 Å². The lowest BCUT2D eigenvalue weighted by Gasteiger charge is -2.54. The van der Waals surface area contributed by atoms with Crippen LogP contribution in [0.4, 0.5) is 0 Å². The van der Waals surface area contributed by atoms with Crippen LogP contribution >= 0.6 is 0 Å². The van der Waals surface area contributed by atoms with E-state index in [4.69, 9.17) is 0 Å². The first-order chi connectivity index (χ1) is 9.78. The standard InChI is InChI=1S/C19H33N/c1-13-2-4-14(5-3-13)6-7-20-19-17-9-15-8-16(11-17)12-18(19)10-15/h13-20H,2-12H2,1H3. The minimum absolute atomic E-state index is 0.908. The van der Waals surface area contributed by atoms with Gasteiger partial charge in [-0.1, -0.05) is 32.6 Å². The molecule has 0 aromatic heterocycles. The molecule has 0 amide bonds. The fourth-order valence-corrected chi connectivity index (χ4v) is 6.33. The Morgan fingerprint density at radius 3 is 2.00 bits per heavy atom. The molecule has 1 nitrogen and oxygen atoms in total. The highest BCUT2D eigenvalue weighted by Gasteiger charge is 2.47. The lowest BCUT2D eigenvalue weighted by atomic mass is 9.54. The second-order valence-electron chi connectivity index (χ2n) is 8.83. The molecule has 0 radical (unpaired) electrons. The van der Waals surface area contributed by atoms with E-state index in [2.05, 4.69) is 12.2 Å². The molecule has 5 saturated carbocycles. The second kappa shape index (κ2) is 5.63. The Bertz CT molecular complexity index is 301. The van der Waals surface area contributed by atoms with Crippen molar-refractivity contribution < 1.29 is 0 Å². The van der Waals surface area contributed by atoms with Gasteiger partial charge < -0.3 is 5.32 Å². The molecule has 5 rings (SSSR count). The zero-order chi connectivity index (χ0) is 13.5. The van der Waals surface area contributed by atoms with E-state index in [1.54, 1.807) is 32.1 Å². The van der Waals surface area contributed by atoms with Crippen LogP contribution in [0.5, 0.6) is 0 Å². The van der Waals surface area contributed by atoms with Crippen molar-refractivity contribution in [1.82, 2.24) is 5.32 Å². The van der Waals surface area contributed by atoms with Gasteiger partial charge in [0.1, 0.15) is 0 Å². The van der Waals surface area contributed by atoms with Crippen LogP contribution in [0.1, 0.15) is 71.1 Å². The highest BCUT2D eigenvalue weighted by molar-refractivity contribution is 5.01. The van der Waals surface area contributed by atoms with E-state index in [1.807, 2.05) is 0 Å². The summed E-state index contributed by atoms with van der Waals surface area (Å²) in [5, 5.41) is 4.02. The SMILES string of the molecule is CC1CCC(CCNC2C3CC4CC(C3)CC2C4)CC1. The molecular weight excluding hydrogens is 242 g/mol. The monoisotopic (exact) mass is 275 g/mol. The predicted molar refractivity (Wildman–Crippen MR) is 84.6 cm³/mol. The molecule has 0 saturated heterocycles. The highest BCUT2D eigenvalue weighted by Crippen LogP contribution is 2.53. The van der Waals surface area contributed by atoms with Gasteiger partial charge >= 0.3 is 0 Å². The van der Waals surface area contributed by atoms with Crippen molar-refractivity contribution in [2.75, 3.05) is 6.54 Å². The van der Waals surface area contributed by atoms with Crippen LogP contribution in [0.2, 0.25) is 0 Å². The molecule has 0 atom stereocenters. The van der Waals surface area contributed by atoms with Crippen molar-refractivity contribution in [3.8, 4) is 0 Å². The summed E-state index contributed by atoms with van der Waals surface area (Å²) in [4.78, 5) is 0. The summed E-state index contributed by atoms with van der Waals surface area (Å²) in [6, 6.07) is 0.908. The number of rotatable bonds is 4. The topological polar surface area (TPSA) is 12.0 Å². The Balaban J connectivity index is 1.24.